The number of nitrogens with zero attached hydrogens (tertiary/aromatic N) is 5. The van der Waals surface area contributed by atoms with E-state index in [1.165, 1.54) is 0 Å². The number of fused-ring (bicyclic) bond motifs is 1. The van der Waals surface area contributed by atoms with Crippen LogP contribution in [0.5, 0.6) is 0 Å². The van der Waals surface area contributed by atoms with Crippen molar-refractivity contribution in [3.05, 3.63) is 111 Å². The molecular weight excluding hydrogens is 577 g/mol. The lowest BCUT2D eigenvalue weighted by molar-refractivity contribution is 0.610. The van der Waals surface area contributed by atoms with Crippen molar-refractivity contribution in [2.24, 2.45) is 0 Å². The van der Waals surface area contributed by atoms with Gasteiger partial charge in [-0.2, -0.15) is 5.26 Å². The van der Waals surface area contributed by atoms with Crippen molar-refractivity contribution >= 4 is 57.1 Å². The quantitative estimate of drug-likeness (QED) is 0.175. The highest BCUT2D eigenvalue weighted by Gasteiger charge is 2.28. The smallest absolute Gasteiger partial charge is 0.110 e. The molecule has 0 bridgehead atoms. The van der Waals surface area contributed by atoms with Crippen molar-refractivity contribution < 1.29 is 0 Å². The number of benzene rings is 3. The van der Waals surface area contributed by atoms with Crippen LogP contribution < -0.4 is 10.6 Å². The lowest BCUT2D eigenvalue weighted by Gasteiger charge is -2.23. The number of nitriles is 1. The standard InChI is InChI=1S/C31H26Cl3N7/c1-2-25(18-7-4-3-5-8-18)37-29-19(15-35)16-36-30-23(29)13-20(32)14-26(30)38-31(22-9-6-10-24(33)28(22)34)27-17-41(40-39-27)21-11-12-21/h3-10,13-14,16-17,21,25,31,38H,2,11-12H2,1H3,(H,36,37)/t25-,31+/m1/s1. The van der Waals surface area contributed by atoms with E-state index in [1.54, 1.807) is 12.3 Å². The molecular formula is C31H26Cl3N7. The van der Waals surface area contributed by atoms with Crippen LogP contribution in [-0.2, 0) is 0 Å². The zero-order valence-electron chi connectivity index (χ0n) is 22.2. The van der Waals surface area contributed by atoms with Gasteiger partial charge in [0.05, 0.1) is 56.8 Å². The van der Waals surface area contributed by atoms with E-state index in [2.05, 4.69) is 46.1 Å². The van der Waals surface area contributed by atoms with Gasteiger partial charge in [-0.15, -0.1) is 5.10 Å². The number of nitrogens with one attached hydrogen (secondary N) is 2. The van der Waals surface area contributed by atoms with E-state index in [0.29, 0.717) is 49.3 Å². The lowest BCUT2D eigenvalue weighted by atomic mass is 10.0. The summed E-state index contributed by atoms with van der Waals surface area (Å²) in [5.74, 6) is 0. The zero-order chi connectivity index (χ0) is 28.5. The van der Waals surface area contributed by atoms with Gasteiger partial charge in [0, 0.05) is 22.2 Å². The van der Waals surface area contributed by atoms with Crippen LogP contribution in [0.1, 0.15) is 66.7 Å². The van der Waals surface area contributed by atoms with Gasteiger partial charge in [0.1, 0.15) is 11.8 Å². The molecule has 0 amide bonds. The number of hydrogen-bond donors (Lipinski definition) is 2. The molecule has 2 heterocycles. The summed E-state index contributed by atoms with van der Waals surface area (Å²) in [5.41, 5.74) is 4.98. The van der Waals surface area contributed by atoms with Crippen molar-refractivity contribution in [2.75, 3.05) is 10.6 Å². The second kappa shape index (κ2) is 11.6. The van der Waals surface area contributed by atoms with E-state index >= 15 is 0 Å². The Hall–Kier alpha value is -3.83. The summed E-state index contributed by atoms with van der Waals surface area (Å²) in [4.78, 5) is 4.70. The second-order valence-electron chi connectivity index (χ2n) is 10.1. The summed E-state index contributed by atoms with van der Waals surface area (Å²) in [6, 6.07) is 21.5. The highest BCUT2D eigenvalue weighted by Crippen LogP contribution is 2.41. The van der Waals surface area contributed by atoms with Crippen LogP contribution in [0.2, 0.25) is 15.1 Å². The zero-order valence-corrected chi connectivity index (χ0v) is 24.4. The summed E-state index contributed by atoms with van der Waals surface area (Å²) in [7, 11) is 0. The third-order valence-electron chi connectivity index (χ3n) is 7.32. The van der Waals surface area contributed by atoms with Gasteiger partial charge in [-0.25, -0.2) is 4.68 Å². The predicted molar refractivity (Wildman–Crippen MR) is 165 cm³/mol. The average Bonchev–Trinajstić information content (AvgIpc) is 3.73. The van der Waals surface area contributed by atoms with Crippen LogP contribution in [-0.4, -0.2) is 20.0 Å². The summed E-state index contributed by atoms with van der Waals surface area (Å²) < 4.78 is 1.90. The molecule has 1 saturated carbocycles. The topological polar surface area (TPSA) is 91.5 Å². The third-order valence-corrected chi connectivity index (χ3v) is 8.37. The van der Waals surface area contributed by atoms with Crippen molar-refractivity contribution in [3.63, 3.8) is 0 Å². The fraction of sp³-hybridized carbons (Fsp3) is 0.226. The third kappa shape index (κ3) is 5.56. The molecule has 7 nitrogen and oxygen atoms in total. The highest BCUT2D eigenvalue weighted by atomic mass is 35.5. The maximum Gasteiger partial charge on any atom is 0.110 e. The van der Waals surface area contributed by atoms with Crippen molar-refractivity contribution in [1.29, 1.82) is 5.26 Å². The number of rotatable bonds is 9. The number of pyridine rings is 1. The molecule has 1 aliphatic carbocycles. The van der Waals surface area contributed by atoms with Crippen LogP contribution >= 0.6 is 34.8 Å². The summed E-state index contributed by atoms with van der Waals surface area (Å²) in [6.45, 7) is 2.11. The Bertz CT molecular complexity index is 1760. The monoisotopic (exact) mass is 601 g/mol. The molecule has 1 aliphatic rings. The van der Waals surface area contributed by atoms with Crippen molar-refractivity contribution in [3.8, 4) is 6.07 Å². The van der Waals surface area contributed by atoms with Crippen LogP contribution in [0, 0.1) is 11.3 Å². The maximum absolute atomic E-state index is 10.0. The van der Waals surface area contributed by atoms with Gasteiger partial charge in [-0.1, -0.05) is 89.4 Å². The van der Waals surface area contributed by atoms with Gasteiger partial charge < -0.3 is 10.6 Å². The van der Waals surface area contributed by atoms with Gasteiger partial charge in [0.25, 0.3) is 0 Å². The molecule has 2 aromatic heterocycles. The number of hydrogen-bond acceptors (Lipinski definition) is 6. The Labute approximate surface area is 253 Å². The molecule has 5 aromatic rings. The first-order chi connectivity index (χ1) is 20.0. The van der Waals surface area contributed by atoms with Gasteiger partial charge in [0.15, 0.2) is 0 Å². The number of aromatic nitrogens is 4. The van der Waals surface area contributed by atoms with Gasteiger partial charge >= 0.3 is 0 Å². The molecule has 1 fully saturated rings. The Morgan fingerprint density at radius 3 is 2.59 bits per heavy atom. The Balaban J connectivity index is 1.47. The average molecular weight is 603 g/mol. The van der Waals surface area contributed by atoms with Gasteiger partial charge in [0.2, 0.25) is 0 Å². The van der Waals surface area contributed by atoms with Gasteiger partial charge in [-0.05, 0) is 43.0 Å². The largest absolute Gasteiger partial charge is 0.377 e. The lowest BCUT2D eigenvalue weighted by Crippen LogP contribution is -2.15. The molecule has 41 heavy (non-hydrogen) atoms. The molecule has 2 N–H and O–H groups in total. The van der Waals surface area contributed by atoms with E-state index in [9.17, 15) is 5.26 Å². The fourth-order valence-corrected chi connectivity index (χ4v) is 5.68. The maximum atomic E-state index is 10.0. The minimum Gasteiger partial charge on any atom is -0.377 e. The fourth-order valence-electron chi connectivity index (χ4n) is 5.05. The molecule has 10 heteroatoms. The molecule has 2 atom stereocenters. The van der Waals surface area contributed by atoms with E-state index < -0.39 is 6.04 Å². The van der Waals surface area contributed by atoms with Crippen molar-refractivity contribution in [2.45, 2.75) is 44.3 Å². The van der Waals surface area contributed by atoms with E-state index in [0.717, 1.165) is 35.8 Å². The van der Waals surface area contributed by atoms with Crippen LogP contribution in [0.4, 0.5) is 11.4 Å². The Morgan fingerprint density at radius 2 is 1.85 bits per heavy atom. The molecule has 0 radical (unpaired) electrons. The summed E-state index contributed by atoms with van der Waals surface area (Å²) in [5, 5.41) is 28.1. The predicted octanol–water partition coefficient (Wildman–Crippen LogP) is 8.76. The molecule has 0 unspecified atom stereocenters. The van der Waals surface area contributed by atoms with Crippen LogP contribution in [0.15, 0.2) is 73.1 Å². The molecule has 0 aliphatic heterocycles. The summed E-state index contributed by atoms with van der Waals surface area (Å²) >= 11 is 19.9. The normalized spacial score (nSPS) is 14.4. The number of halogens is 3. The first-order valence-corrected chi connectivity index (χ1v) is 14.6. The molecule has 0 spiro atoms. The minimum absolute atomic E-state index is 0.0141. The molecule has 6 rings (SSSR count). The first kappa shape index (κ1) is 27.3. The molecule has 206 valence electrons. The Kier molecular flexibility index (Phi) is 7.72. The second-order valence-corrected chi connectivity index (χ2v) is 11.3. The SMILES string of the molecule is CC[C@@H](Nc1c(C#N)cnc2c(N[C@H](c3cn(C4CC4)nn3)c3cccc(Cl)c3Cl)cc(Cl)cc12)c1ccccc1. The van der Waals surface area contributed by atoms with E-state index in [1.807, 2.05) is 53.3 Å². The molecule has 3 aromatic carbocycles. The van der Waals surface area contributed by atoms with Crippen LogP contribution in [0.25, 0.3) is 10.9 Å². The first-order valence-electron chi connectivity index (χ1n) is 13.4. The minimum atomic E-state index is -0.489. The Morgan fingerprint density at radius 1 is 1.05 bits per heavy atom. The van der Waals surface area contributed by atoms with Crippen LogP contribution in [0.3, 0.4) is 0 Å². The van der Waals surface area contributed by atoms with Gasteiger partial charge in [-0.3, -0.25) is 4.98 Å². The highest BCUT2D eigenvalue weighted by molar-refractivity contribution is 6.42. The van der Waals surface area contributed by atoms with Crippen molar-refractivity contribution in [1.82, 2.24) is 20.0 Å². The van der Waals surface area contributed by atoms with E-state index in [-0.39, 0.29) is 6.04 Å². The molecule has 0 saturated heterocycles. The number of anilines is 2. The summed E-state index contributed by atoms with van der Waals surface area (Å²) in [6.07, 6.45) is 6.52. The van der Waals surface area contributed by atoms with E-state index in [4.69, 9.17) is 39.8 Å².